The summed E-state index contributed by atoms with van der Waals surface area (Å²) in [6.45, 7) is 11.4. The van der Waals surface area contributed by atoms with Crippen molar-refractivity contribution in [2.75, 3.05) is 0 Å². The Hall–Kier alpha value is -3.13. The molecule has 0 amide bonds. The van der Waals surface area contributed by atoms with E-state index in [4.69, 9.17) is 4.42 Å². The summed E-state index contributed by atoms with van der Waals surface area (Å²) in [6, 6.07) is 21.8. The Morgan fingerprint density at radius 2 is 1.52 bits per heavy atom. The van der Waals surface area contributed by atoms with Crippen molar-refractivity contribution in [3.63, 3.8) is 0 Å². The van der Waals surface area contributed by atoms with Crippen molar-refractivity contribution in [1.82, 2.24) is 0 Å². The maximum absolute atomic E-state index is 6.47. The van der Waals surface area contributed by atoms with Crippen LogP contribution >= 0.6 is 0 Å². The Bertz CT molecular complexity index is 1460. The first-order valence-electron chi connectivity index (χ1n) is 11.1. The van der Waals surface area contributed by atoms with Gasteiger partial charge in [-0.05, 0) is 60.6 Å². The van der Waals surface area contributed by atoms with Crippen LogP contribution in [-0.2, 0) is 13.5 Å². The molecule has 5 rings (SSSR count). The summed E-state index contributed by atoms with van der Waals surface area (Å²) in [5.74, 6) is 0. The lowest BCUT2D eigenvalue weighted by Crippen LogP contribution is -2.33. The minimum absolute atomic E-state index is 0.205. The standard InChI is InChI=1S/C29H30NO/c1-18-15-23-22-12-8-10-14-26(22)31-28(23)27(19(18)2)25-16-20(17-29(3,4)5)21-11-7-9-13-24(21)30(25)6/h7-16H,17H2,1-6H3/q+1. The molecule has 0 bridgehead atoms. The van der Waals surface area contributed by atoms with Crippen LogP contribution in [0.4, 0.5) is 0 Å². The van der Waals surface area contributed by atoms with E-state index in [0.717, 1.165) is 17.6 Å². The largest absolute Gasteiger partial charge is 0.455 e. The molecule has 2 nitrogen and oxygen atoms in total. The fourth-order valence-electron chi connectivity index (χ4n) is 4.86. The van der Waals surface area contributed by atoms with Gasteiger partial charge in [0.2, 0.25) is 11.2 Å². The molecule has 0 unspecified atom stereocenters. The molecule has 3 aromatic carbocycles. The van der Waals surface area contributed by atoms with Crippen molar-refractivity contribution in [3.05, 3.63) is 77.4 Å². The second-order valence-electron chi connectivity index (χ2n) is 10.0. The van der Waals surface area contributed by atoms with E-state index in [-0.39, 0.29) is 5.41 Å². The number of hydrogen-bond acceptors (Lipinski definition) is 1. The molecule has 0 aliphatic heterocycles. The molecule has 0 atom stereocenters. The van der Waals surface area contributed by atoms with Crippen LogP contribution in [-0.4, -0.2) is 0 Å². The number of nitrogens with zero attached hydrogens (tertiary/aromatic N) is 1. The molecule has 5 aromatic rings. The first-order chi connectivity index (χ1) is 14.7. The van der Waals surface area contributed by atoms with Gasteiger partial charge in [-0.1, -0.05) is 51.1 Å². The summed E-state index contributed by atoms with van der Waals surface area (Å²) in [4.78, 5) is 0. The van der Waals surface area contributed by atoms with Crippen molar-refractivity contribution in [2.45, 2.75) is 41.0 Å². The van der Waals surface area contributed by atoms with Crippen LogP contribution < -0.4 is 4.57 Å². The number of pyridine rings is 1. The maximum Gasteiger partial charge on any atom is 0.217 e. The normalized spacial score (nSPS) is 12.3. The molecule has 0 fully saturated rings. The zero-order chi connectivity index (χ0) is 21.9. The molecule has 31 heavy (non-hydrogen) atoms. The maximum atomic E-state index is 6.47. The summed E-state index contributed by atoms with van der Waals surface area (Å²) >= 11 is 0. The minimum Gasteiger partial charge on any atom is -0.455 e. The van der Waals surface area contributed by atoms with Crippen LogP contribution in [0.3, 0.4) is 0 Å². The fraction of sp³-hybridized carbons (Fsp3) is 0.276. The van der Waals surface area contributed by atoms with Crippen LogP contribution in [0, 0.1) is 19.3 Å². The predicted molar refractivity (Wildman–Crippen MR) is 130 cm³/mol. The lowest BCUT2D eigenvalue weighted by molar-refractivity contribution is -0.633. The van der Waals surface area contributed by atoms with Gasteiger partial charge in [0, 0.05) is 28.3 Å². The molecule has 0 saturated heterocycles. The lowest BCUT2D eigenvalue weighted by Gasteiger charge is -2.20. The molecule has 2 aromatic heterocycles. The number of fused-ring (bicyclic) bond motifs is 4. The molecule has 0 spiro atoms. The highest BCUT2D eigenvalue weighted by atomic mass is 16.3. The van der Waals surface area contributed by atoms with E-state index in [1.54, 1.807) is 0 Å². The molecular weight excluding hydrogens is 378 g/mol. The zero-order valence-electron chi connectivity index (χ0n) is 19.3. The minimum atomic E-state index is 0.205. The Balaban J connectivity index is 1.92. The van der Waals surface area contributed by atoms with E-state index < -0.39 is 0 Å². The lowest BCUT2D eigenvalue weighted by atomic mass is 9.85. The third-order valence-corrected chi connectivity index (χ3v) is 6.45. The first-order valence-corrected chi connectivity index (χ1v) is 11.1. The number of furan rings is 1. The summed E-state index contributed by atoms with van der Waals surface area (Å²) in [5.41, 5.74) is 9.76. The van der Waals surface area contributed by atoms with Gasteiger partial charge in [0.1, 0.15) is 18.2 Å². The topological polar surface area (TPSA) is 17.0 Å². The van der Waals surface area contributed by atoms with E-state index in [9.17, 15) is 0 Å². The van der Waals surface area contributed by atoms with E-state index in [2.05, 4.69) is 101 Å². The average Bonchev–Trinajstić information content (AvgIpc) is 3.09. The summed E-state index contributed by atoms with van der Waals surface area (Å²) in [7, 11) is 2.18. The Morgan fingerprint density at radius 1 is 0.839 bits per heavy atom. The third-order valence-electron chi connectivity index (χ3n) is 6.45. The monoisotopic (exact) mass is 408 g/mol. The van der Waals surface area contributed by atoms with Gasteiger partial charge in [0.25, 0.3) is 0 Å². The molecule has 0 radical (unpaired) electrons. The summed E-state index contributed by atoms with van der Waals surface area (Å²) in [5, 5.41) is 3.70. The van der Waals surface area contributed by atoms with E-state index in [1.165, 1.54) is 49.6 Å². The summed E-state index contributed by atoms with van der Waals surface area (Å²) < 4.78 is 8.80. The number of benzene rings is 3. The first kappa shape index (κ1) is 19.8. The van der Waals surface area contributed by atoms with Gasteiger partial charge in [-0.25, -0.2) is 0 Å². The highest BCUT2D eigenvalue weighted by Gasteiger charge is 2.26. The van der Waals surface area contributed by atoms with Gasteiger partial charge in [-0.3, -0.25) is 0 Å². The highest BCUT2D eigenvalue weighted by Crippen LogP contribution is 2.39. The number of rotatable bonds is 2. The van der Waals surface area contributed by atoms with Gasteiger partial charge in [0.05, 0.1) is 5.56 Å². The quantitative estimate of drug-likeness (QED) is 0.277. The van der Waals surface area contributed by atoms with E-state index in [0.29, 0.717) is 0 Å². The van der Waals surface area contributed by atoms with Crippen molar-refractivity contribution in [3.8, 4) is 11.3 Å². The van der Waals surface area contributed by atoms with Crippen LogP contribution in [0.15, 0.2) is 65.1 Å². The summed E-state index contributed by atoms with van der Waals surface area (Å²) in [6.07, 6.45) is 1.02. The number of aryl methyl sites for hydroxylation is 2. The molecule has 156 valence electrons. The van der Waals surface area contributed by atoms with Gasteiger partial charge in [-0.2, -0.15) is 4.57 Å². The van der Waals surface area contributed by atoms with Crippen LogP contribution in [0.1, 0.15) is 37.5 Å². The van der Waals surface area contributed by atoms with E-state index in [1.807, 2.05) is 6.07 Å². The molecule has 0 aliphatic carbocycles. The Kier molecular flexibility index (Phi) is 4.44. The smallest absolute Gasteiger partial charge is 0.217 e. The van der Waals surface area contributed by atoms with Gasteiger partial charge in [0.15, 0.2) is 0 Å². The fourth-order valence-corrected chi connectivity index (χ4v) is 4.86. The van der Waals surface area contributed by atoms with Crippen molar-refractivity contribution in [2.24, 2.45) is 12.5 Å². The highest BCUT2D eigenvalue weighted by molar-refractivity contribution is 6.10. The van der Waals surface area contributed by atoms with E-state index >= 15 is 0 Å². The Labute approximate surface area is 184 Å². The van der Waals surface area contributed by atoms with Gasteiger partial charge < -0.3 is 4.42 Å². The van der Waals surface area contributed by atoms with Crippen LogP contribution in [0.25, 0.3) is 44.1 Å². The van der Waals surface area contributed by atoms with Crippen molar-refractivity contribution < 1.29 is 8.98 Å². The second kappa shape index (κ2) is 6.95. The molecule has 0 N–H and O–H groups in total. The molecular formula is C29H30NO+. The van der Waals surface area contributed by atoms with Crippen molar-refractivity contribution in [1.29, 1.82) is 0 Å². The number of hydrogen-bond donors (Lipinski definition) is 0. The van der Waals surface area contributed by atoms with Crippen LogP contribution in [0.5, 0.6) is 0 Å². The predicted octanol–water partition coefficient (Wildman–Crippen LogP) is 7.44. The molecule has 0 saturated carbocycles. The molecule has 2 heterocycles. The average molecular weight is 409 g/mol. The number of para-hydroxylation sites is 2. The van der Waals surface area contributed by atoms with Gasteiger partial charge in [-0.15, -0.1) is 0 Å². The van der Waals surface area contributed by atoms with Gasteiger partial charge >= 0.3 is 0 Å². The molecule has 2 heteroatoms. The van der Waals surface area contributed by atoms with Crippen LogP contribution in [0.2, 0.25) is 0 Å². The SMILES string of the molecule is Cc1cc2c(oc3ccccc32)c(-c2cc(CC(C)(C)C)c3ccccc3[n+]2C)c1C. The zero-order valence-corrected chi connectivity index (χ0v) is 19.3. The molecule has 0 aliphatic rings. The number of aromatic nitrogens is 1. The van der Waals surface area contributed by atoms with Crippen molar-refractivity contribution >= 4 is 32.8 Å². The Morgan fingerprint density at radius 3 is 2.26 bits per heavy atom. The third kappa shape index (κ3) is 3.22. The second-order valence-corrected chi connectivity index (χ2v) is 10.0.